The van der Waals surface area contributed by atoms with Gasteiger partial charge in [0.15, 0.2) is 9.84 Å². The van der Waals surface area contributed by atoms with Gasteiger partial charge in [0.1, 0.15) is 23.4 Å². The van der Waals surface area contributed by atoms with Gasteiger partial charge >= 0.3 is 5.97 Å². The summed E-state index contributed by atoms with van der Waals surface area (Å²) in [6.45, 7) is 5.82. The van der Waals surface area contributed by atoms with Gasteiger partial charge in [-0.05, 0) is 75.6 Å². The molecule has 2 aromatic carbocycles. The number of benzene rings is 2. The zero-order valence-electron chi connectivity index (χ0n) is 21.2. The molecule has 1 heterocycles. The van der Waals surface area contributed by atoms with Crippen LogP contribution in [0, 0.1) is 0 Å². The number of nitrogens with zero attached hydrogens (tertiary/aromatic N) is 1. The van der Waals surface area contributed by atoms with Crippen LogP contribution in [0.15, 0.2) is 58.3 Å². The van der Waals surface area contributed by atoms with Crippen molar-refractivity contribution < 1.29 is 36.3 Å². The molecule has 1 fully saturated rings. The summed E-state index contributed by atoms with van der Waals surface area (Å²) in [6, 6.07) is 9.31. The molecular formula is C25H32N2O8S2. The van der Waals surface area contributed by atoms with E-state index in [1.807, 2.05) is 20.8 Å². The van der Waals surface area contributed by atoms with E-state index >= 15 is 0 Å². The largest absolute Gasteiger partial charge is 0.488 e. The van der Waals surface area contributed by atoms with Crippen molar-refractivity contribution in [3.63, 3.8) is 0 Å². The lowest BCUT2D eigenvalue weighted by molar-refractivity contribution is -0.142. The lowest BCUT2D eigenvalue weighted by Crippen LogP contribution is -2.51. The molecule has 0 aromatic heterocycles. The Morgan fingerprint density at radius 2 is 1.59 bits per heavy atom. The van der Waals surface area contributed by atoms with Crippen LogP contribution in [0.4, 0.5) is 0 Å². The van der Waals surface area contributed by atoms with Crippen molar-refractivity contribution in [2.24, 2.45) is 0 Å². The van der Waals surface area contributed by atoms with Crippen molar-refractivity contribution in [1.29, 1.82) is 0 Å². The number of sulfonamides is 1. The molecular weight excluding hydrogens is 520 g/mol. The second kappa shape index (κ2) is 10.8. The second-order valence-corrected chi connectivity index (χ2v) is 13.9. The van der Waals surface area contributed by atoms with E-state index in [0.717, 1.165) is 10.6 Å². The molecule has 1 amide bonds. The van der Waals surface area contributed by atoms with E-state index in [9.17, 15) is 31.5 Å². The molecule has 0 bridgehead atoms. The molecule has 0 saturated carbocycles. The summed E-state index contributed by atoms with van der Waals surface area (Å²) in [7, 11) is -7.62. The van der Waals surface area contributed by atoms with Gasteiger partial charge in [0.25, 0.3) is 0 Å². The lowest BCUT2D eigenvalue weighted by atomic mass is 10.0. The number of carboxylic acid groups (broad SMARTS) is 1. The smallest absolute Gasteiger partial charge is 0.326 e. The predicted molar refractivity (Wildman–Crippen MR) is 137 cm³/mol. The Morgan fingerprint density at radius 1 is 1.03 bits per heavy atom. The number of carbonyl (C=O) groups is 2. The second-order valence-electron chi connectivity index (χ2n) is 9.98. The normalized spacial score (nSPS) is 17.8. The predicted octanol–water partition coefficient (Wildman–Crippen LogP) is 2.23. The molecule has 2 atom stereocenters. The maximum Gasteiger partial charge on any atom is 0.326 e. The van der Waals surface area contributed by atoms with E-state index in [1.54, 1.807) is 24.3 Å². The fourth-order valence-corrected chi connectivity index (χ4v) is 6.32. The fourth-order valence-electron chi connectivity index (χ4n) is 4.03. The summed E-state index contributed by atoms with van der Waals surface area (Å²) in [6.07, 6.45) is 1.68. The van der Waals surface area contributed by atoms with Crippen LogP contribution in [0.3, 0.4) is 0 Å². The van der Waals surface area contributed by atoms with Crippen molar-refractivity contribution in [2.75, 3.05) is 12.8 Å². The molecule has 1 aliphatic heterocycles. The van der Waals surface area contributed by atoms with Crippen molar-refractivity contribution in [1.82, 2.24) is 9.62 Å². The Bertz CT molecular complexity index is 1350. The third-order valence-corrected chi connectivity index (χ3v) is 8.82. The number of nitrogens with one attached hydrogen (secondary N) is 1. The summed E-state index contributed by atoms with van der Waals surface area (Å²) in [5.74, 6) is -1.32. The van der Waals surface area contributed by atoms with Crippen LogP contribution in [0.5, 0.6) is 5.75 Å². The van der Waals surface area contributed by atoms with E-state index in [1.165, 1.54) is 24.3 Å². The van der Waals surface area contributed by atoms with Gasteiger partial charge in [0, 0.05) is 19.2 Å². The molecule has 10 nitrogen and oxygen atoms in total. The van der Waals surface area contributed by atoms with Gasteiger partial charge in [-0.15, -0.1) is 0 Å². The van der Waals surface area contributed by atoms with E-state index in [0.29, 0.717) is 17.7 Å². The van der Waals surface area contributed by atoms with Gasteiger partial charge in [-0.2, -0.15) is 4.31 Å². The first-order valence-electron chi connectivity index (χ1n) is 11.7. The highest BCUT2D eigenvalue weighted by Crippen LogP contribution is 2.27. The number of carboxylic acids is 1. The third-order valence-electron chi connectivity index (χ3n) is 5.77. The fraction of sp³-hybridized carbons (Fsp3) is 0.440. The zero-order chi connectivity index (χ0) is 27.6. The average Bonchev–Trinajstić information content (AvgIpc) is 3.29. The SMILES string of the molecule is CC(C)(C)Oc1ccc(C[C@H](NC(=O)[C@@H]2CCCN2S(=O)(=O)c2ccc(S(C)(=O)=O)cc2)C(=O)O)cc1. The van der Waals surface area contributed by atoms with Gasteiger partial charge in [0.2, 0.25) is 15.9 Å². The van der Waals surface area contributed by atoms with Gasteiger partial charge in [-0.25, -0.2) is 21.6 Å². The summed E-state index contributed by atoms with van der Waals surface area (Å²) in [5, 5.41) is 12.2. The first-order valence-corrected chi connectivity index (χ1v) is 15.0. The number of ether oxygens (including phenoxy) is 1. The number of amides is 1. The summed E-state index contributed by atoms with van der Waals surface area (Å²) in [4.78, 5) is 24.8. The highest BCUT2D eigenvalue weighted by molar-refractivity contribution is 7.90. The molecule has 37 heavy (non-hydrogen) atoms. The van der Waals surface area contributed by atoms with Gasteiger partial charge in [-0.1, -0.05) is 12.1 Å². The van der Waals surface area contributed by atoms with E-state index in [-0.39, 0.29) is 34.8 Å². The highest BCUT2D eigenvalue weighted by Gasteiger charge is 2.40. The van der Waals surface area contributed by atoms with Gasteiger partial charge < -0.3 is 15.2 Å². The minimum absolute atomic E-state index is 0.00327. The molecule has 3 rings (SSSR count). The minimum Gasteiger partial charge on any atom is -0.488 e. The molecule has 0 spiro atoms. The molecule has 2 N–H and O–H groups in total. The summed E-state index contributed by atoms with van der Waals surface area (Å²) in [5.41, 5.74) is 0.276. The maximum atomic E-state index is 13.2. The topological polar surface area (TPSA) is 147 Å². The quantitative estimate of drug-likeness (QED) is 0.481. The average molecular weight is 553 g/mol. The third kappa shape index (κ3) is 7.30. The van der Waals surface area contributed by atoms with Crippen molar-refractivity contribution in [3.8, 4) is 5.75 Å². The number of aliphatic carboxylic acids is 1. The number of hydrogen-bond acceptors (Lipinski definition) is 7. The van der Waals surface area contributed by atoms with Crippen LogP contribution in [-0.4, -0.2) is 68.6 Å². The first kappa shape index (κ1) is 28.6. The van der Waals surface area contributed by atoms with Crippen molar-refractivity contribution >= 4 is 31.7 Å². The molecule has 2 aromatic rings. The van der Waals surface area contributed by atoms with Crippen LogP contribution in [0.25, 0.3) is 0 Å². The van der Waals surface area contributed by atoms with Gasteiger partial charge in [0.05, 0.1) is 9.79 Å². The Balaban J connectivity index is 1.73. The van der Waals surface area contributed by atoms with E-state index < -0.39 is 43.8 Å². The van der Waals surface area contributed by atoms with E-state index in [4.69, 9.17) is 4.74 Å². The van der Waals surface area contributed by atoms with Crippen LogP contribution in [0.2, 0.25) is 0 Å². The minimum atomic E-state index is -4.11. The summed E-state index contributed by atoms with van der Waals surface area (Å²) < 4.78 is 56.6. The Hall–Kier alpha value is -2.96. The van der Waals surface area contributed by atoms with Crippen LogP contribution >= 0.6 is 0 Å². The standard InChI is InChI=1S/C25H32N2O8S2/c1-25(2,3)35-18-9-7-17(8-10-18)16-21(24(29)30)26-23(28)22-6-5-15-27(22)37(33,34)20-13-11-19(12-14-20)36(4,31)32/h7-14,21-22H,5-6,15-16H2,1-4H3,(H,26,28)(H,29,30)/t21-,22-/m0/s1. The first-order chi connectivity index (χ1) is 17.1. The van der Waals surface area contributed by atoms with E-state index in [2.05, 4.69) is 5.32 Å². The van der Waals surface area contributed by atoms with Crippen LogP contribution in [0.1, 0.15) is 39.2 Å². The summed E-state index contributed by atoms with van der Waals surface area (Å²) >= 11 is 0. The Labute approximate surface area is 217 Å². The molecule has 202 valence electrons. The number of carbonyl (C=O) groups excluding carboxylic acids is 1. The van der Waals surface area contributed by atoms with Crippen molar-refractivity contribution in [3.05, 3.63) is 54.1 Å². The van der Waals surface area contributed by atoms with Crippen molar-refractivity contribution in [2.45, 2.75) is 67.5 Å². The molecule has 12 heteroatoms. The Kier molecular flexibility index (Phi) is 8.35. The zero-order valence-corrected chi connectivity index (χ0v) is 22.8. The van der Waals surface area contributed by atoms with Crippen LogP contribution < -0.4 is 10.1 Å². The van der Waals surface area contributed by atoms with Gasteiger partial charge in [-0.3, -0.25) is 4.79 Å². The number of sulfone groups is 1. The van der Waals surface area contributed by atoms with Crippen LogP contribution in [-0.2, 0) is 35.9 Å². The number of rotatable bonds is 9. The monoisotopic (exact) mass is 552 g/mol. The molecule has 0 aliphatic carbocycles. The molecule has 0 unspecified atom stereocenters. The molecule has 0 radical (unpaired) electrons. The maximum absolute atomic E-state index is 13.2. The molecule has 1 saturated heterocycles. The highest BCUT2D eigenvalue weighted by atomic mass is 32.2. The lowest BCUT2D eigenvalue weighted by Gasteiger charge is -2.25. The Morgan fingerprint density at radius 3 is 2.11 bits per heavy atom. The molecule has 1 aliphatic rings. The number of hydrogen-bond donors (Lipinski definition) is 2.